The number of urea groups is 1. The Labute approximate surface area is 96.1 Å². The summed E-state index contributed by atoms with van der Waals surface area (Å²) in [5, 5.41) is 6.50. The molecule has 86 valence electrons. The topological polar surface area (TPSA) is 41.1 Å². The summed E-state index contributed by atoms with van der Waals surface area (Å²) in [5.74, 6) is 0. The van der Waals surface area contributed by atoms with Crippen molar-refractivity contribution in [2.45, 2.75) is 37.5 Å². The number of thioether (sulfide) groups is 1. The van der Waals surface area contributed by atoms with Gasteiger partial charge in [-0.25, -0.2) is 4.79 Å². The van der Waals surface area contributed by atoms with Gasteiger partial charge >= 0.3 is 6.03 Å². The number of rotatable bonds is 4. The van der Waals surface area contributed by atoms with Crippen LogP contribution < -0.4 is 10.6 Å². The van der Waals surface area contributed by atoms with E-state index in [1.54, 1.807) is 0 Å². The molecule has 3 nitrogen and oxygen atoms in total. The van der Waals surface area contributed by atoms with Crippen LogP contribution in [0.25, 0.3) is 0 Å². The monoisotopic (exact) mass is 228 g/mol. The summed E-state index contributed by atoms with van der Waals surface area (Å²) in [5.41, 5.74) is 0.971. The second-order valence-corrected chi connectivity index (χ2v) is 5.29. The van der Waals surface area contributed by atoms with Crippen molar-refractivity contribution in [1.29, 1.82) is 0 Å². The highest BCUT2D eigenvalue weighted by Gasteiger charge is 2.24. The maximum atomic E-state index is 11.4. The van der Waals surface area contributed by atoms with Crippen LogP contribution in [0, 0.1) is 0 Å². The van der Waals surface area contributed by atoms with Gasteiger partial charge in [0.1, 0.15) is 0 Å². The minimum absolute atomic E-state index is 0.0650. The van der Waals surface area contributed by atoms with Crippen molar-refractivity contribution in [2.75, 3.05) is 12.8 Å². The molecule has 2 atom stereocenters. The lowest BCUT2D eigenvalue weighted by atomic mass is 10.2. The molecule has 1 rings (SSSR count). The van der Waals surface area contributed by atoms with E-state index in [0.717, 1.165) is 23.7 Å². The van der Waals surface area contributed by atoms with E-state index in [1.807, 2.05) is 18.7 Å². The van der Waals surface area contributed by atoms with Gasteiger partial charge in [-0.3, -0.25) is 0 Å². The minimum Gasteiger partial charge on any atom is -0.335 e. The van der Waals surface area contributed by atoms with Crippen LogP contribution in [0.1, 0.15) is 26.2 Å². The number of hydrogen-bond acceptors (Lipinski definition) is 2. The van der Waals surface area contributed by atoms with Gasteiger partial charge in [0.25, 0.3) is 0 Å². The van der Waals surface area contributed by atoms with Crippen LogP contribution in [0.15, 0.2) is 12.2 Å². The summed E-state index contributed by atoms with van der Waals surface area (Å²) in [7, 11) is 0. The third kappa shape index (κ3) is 4.60. The molecule has 0 aromatic carbocycles. The zero-order valence-electron chi connectivity index (χ0n) is 9.51. The number of hydrogen-bond donors (Lipinski definition) is 2. The first-order chi connectivity index (χ1) is 7.11. The fraction of sp³-hybridized carbons (Fsp3) is 0.727. The predicted molar refractivity (Wildman–Crippen MR) is 66.3 cm³/mol. The van der Waals surface area contributed by atoms with Gasteiger partial charge in [-0.15, -0.1) is 0 Å². The van der Waals surface area contributed by atoms with Gasteiger partial charge < -0.3 is 10.6 Å². The Kier molecular flexibility index (Phi) is 5.02. The second-order valence-electron chi connectivity index (χ2n) is 4.15. The van der Waals surface area contributed by atoms with Crippen LogP contribution in [-0.4, -0.2) is 30.1 Å². The van der Waals surface area contributed by atoms with Crippen LogP contribution in [0.3, 0.4) is 0 Å². The average molecular weight is 228 g/mol. The van der Waals surface area contributed by atoms with E-state index in [0.29, 0.717) is 12.6 Å². The molecule has 0 spiro atoms. The standard InChI is InChI=1S/C11H20N2OS/c1-8(2)7-12-11(14)13-9-4-5-10(6-9)15-3/h9-10H,1,4-7H2,2-3H3,(H2,12,13,14)/t9-,10+/m1/s1. The lowest BCUT2D eigenvalue weighted by Crippen LogP contribution is -2.41. The molecule has 2 N–H and O–H groups in total. The largest absolute Gasteiger partial charge is 0.335 e. The highest BCUT2D eigenvalue weighted by Crippen LogP contribution is 2.27. The van der Waals surface area contributed by atoms with Crippen molar-refractivity contribution >= 4 is 17.8 Å². The van der Waals surface area contributed by atoms with E-state index in [-0.39, 0.29) is 6.03 Å². The van der Waals surface area contributed by atoms with E-state index < -0.39 is 0 Å². The molecule has 0 heterocycles. The van der Waals surface area contributed by atoms with Crippen LogP contribution in [0.5, 0.6) is 0 Å². The summed E-state index contributed by atoms with van der Waals surface area (Å²) >= 11 is 1.90. The van der Waals surface area contributed by atoms with Crippen molar-refractivity contribution in [3.05, 3.63) is 12.2 Å². The average Bonchev–Trinajstić information content (AvgIpc) is 2.62. The van der Waals surface area contributed by atoms with Crippen molar-refractivity contribution in [3.8, 4) is 0 Å². The van der Waals surface area contributed by atoms with Gasteiger partial charge in [-0.2, -0.15) is 11.8 Å². The zero-order chi connectivity index (χ0) is 11.3. The molecule has 0 radical (unpaired) electrons. The summed E-state index contributed by atoms with van der Waals surface area (Å²) in [6.07, 6.45) is 5.55. The zero-order valence-corrected chi connectivity index (χ0v) is 10.3. The second kappa shape index (κ2) is 6.05. The summed E-state index contributed by atoms with van der Waals surface area (Å²) in [6, 6.07) is 0.289. The maximum Gasteiger partial charge on any atom is 0.315 e. The third-order valence-corrected chi connectivity index (χ3v) is 3.70. The maximum absolute atomic E-state index is 11.4. The molecule has 0 saturated heterocycles. The summed E-state index contributed by atoms with van der Waals surface area (Å²) in [6.45, 7) is 6.20. The van der Waals surface area contributed by atoms with Crippen LogP contribution >= 0.6 is 11.8 Å². The minimum atomic E-state index is -0.0650. The normalized spacial score (nSPS) is 24.9. The first kappa shape index (κ1) is 12.4. The summed E-state index contributed by atoms with van der Waals surface area (Å²) < 4.78 is 0. The molecule has 2 amide bonds. The van der Waals surface area contributed by atoms with Crippen LogP contribution in [-0.2, 0) is 0 Å². The number of carbonyl (C=O) groups is 1. The lowest BCUT2D eigenvalue weighted by Gasteiger charge is -2.13. The Morgan fingerprint density at radius 2 is 2.27 bits per heavy atom. The molecule has 0 aromatic heterocycles. The van der Waals surface area contributed by atoms with E-state index in [9.17, 15) is 4.79 Å². The van der Waals surface area contributed by atoms with E-state index in [2.05, 4.69) is 23.5 Å². The first-order valence-corrected chi connectivity index (χ1v) is 6.62. The first-order valence-electron chi connectivity index (χ1n) is 5.33. The Hall–Kier alpha value is -0.640. The van der Waals surface area contributed by atoms with E-state index >= 15 is 0 Å². The molecule has 15 heavy (non-hydrogen) atoms. The quantitative estimate of drug-likeness (QED) is 0.724. The Morgan fingerprint density at radius 3 is 2.80 bits per heavy atom. The number of amides is 2. The molecule has 0 bridgehead atoms. The van der Waals surface area contributed by atoms with Crippen molar-refractivity contribution in [1.82, 2.24) is 10.6 Å². The third-order valence-electron chi connectivity index (χ3n) is 2.60. The summed E-state index contributed by atoms with van der Waals surface area (Å²) in [4.78, 5) is 11.4. The predicted octanol–water partition coefficient (Wildman–Crippen LogP) is 2.15. The molecule has 1 fully saturated rings. The highest BCUT2D eigenvalue weighted by atomic mass is 32.2. The Bertz CT molecular complexity index is 243. The number of carbonyl (C=O) groups excluding carboxylic acids is 1. The molecule has 1 aliphatic carbocycles. The van der Waals surface area contributed by atoms with Gasteiger partial charge in [0, 0.05) is 17.8 Å². The Balaban J connectivity index is 2.18. The fourth-order valence-corrected chi connectivity index (χ4v) is 2.55. The van der Waals surface area contributed by atoms with E-state index in [1.165, 1.54) is 6.42 Å². The van der Waals surface area contributed by atoms with Gasteiger partial charge in [0.15, 0.2) is 0 Å². The number of nitrogens with one attached hydrogen (secondary N) is 2. The van der Waals surface area contributed by atoms with Crippen molar-refractivity contribution in [3.63, 3.8) is 0 Å². The lowest BCUT2D eigenvalue weighted by molar-refractivity contribution is 0.238. The Morgan fingerprint density at radius 1 is 1.53 bits per heavy atom. The SMILES string of the molecule is C=C(C)CNC(=O)N[C@@H]1CC[C@H](SC)C1. The fourth-order valence-electron chi connectivity index (χ4n) is 1.75. The van der Waals surface area contributed by atoms with Gasteiger partial charge in [0.05, 0.1) is 0 Å². The van der Waals surface area contributed by atoms with Crippen LogP contribution in [0.4, 0.5) is 4.79 Å². The van der Waals surface area contributed by atoms with Crippen molar-refractivity contribution < 1.29 is 4.79 Å². The van der Waals surface area contributed by atoms with Crippen LogP contribution in [0.2, 0.25) is 0 Å². The molecule has 0 aromatic rings. The van der Waals surface area contributed by atoms with Crippen molar-refractivity contribution in [2.24, 2.45) is 0 Å². The van der Waals surface area contributed by atoms with Gasteiger partial charge in [0.2, 0.25) is 0 Å². The highest BCUT2D eigenvalue weighted by molar-refractivity contribution is 7.99. The smallest absolute Gasteiger partial charge is 0.315 e. The molecule has 0 unspecified atom stereocenters. The molecular formula is C11H20N2OS. The molecule has 4 heteroatoms. The molecule has 1 saturated carbocycles. The molecular weight excluding hydrogens is 208 g/mol. The molecule has 0 aliphatic heterocycles. The van der Waals surface area contributed by atoms with E-state index in [4.69, 9.17) is 0 Å². The molecule has 1 aliphatic rings. The van der Waals surface area contributed by atoms with Gasteiger partial charge in [-0.1, -0.05) is 12.2 Å². The van der Waals surface area contributed by atoms with Gasteiger partial charge in [-0.05, 0) is 32.4 Å².